The number of ether oxygens (including phenoxy) is 3. The Morgan fingerprint density at radius 1 is 1.07 bits per heavy atom. The molecule has 0 fully saturated rings. The summed E-state index contributed by atoms with van der Waals surface area (Å²) in [7, 11) is 0. The quantitative estimate of drug-likeness (QED) is 0.504. The fourth-order valence-electron chi connectivity index (χ4n) is 3.15. The van der Waals surface area contributed by atoms with E-state index in [0.29, 0.717) is 48.3 Å². The Labute approximate surface area is 168 Å². The number of carbonyl (C=O) groups is 2. The standard InChI is InChI=1S/C21H25NO5S/c1-3-25-12-13-27-15-10-8-14(9-11-15)19(23)22-20-18(21(24)26-4-2)16-6-5-7-17(16)28-20/h8-11H,3-7,12-13H2,1-2H3,(H,22,23). The molecule has 0 bridgehead atoms. The van der Waals surface area contributed by atoms with Crippen LogP contribution < -0.4 is 10.1 Å². The number of hydrogen-bond donors (Lipinski definition) is 1. The normalized spacial score (nSPS) is 12.5. The molecule has 2 aromatic rings. The molecule has 7 heteroatoms. The lowest BCUT2D eigenvalue weighted by molar-refractivity contribution is 0.0527. The van der Waals surface area contributed by atoms with Gasteiger partial charge in [-0.3, -0.25) is 4.79 Å². The summed E-state index contributed by atoms with van der Waals surface area (Å²) in [6, 6.07) is 6.91. The highest BCUT2D eigenvalue weighted by atomic mass is 32.1. The summed E-state index contributed by atoms with van der Waals surface area (Å²) in [6.07, 6.45) is 2.83. The van der Waals surface area contributed by atoms with Crippen molar-refractivity contribution in [1.82, 2.24) is 0 Å². The fourth-order valence-corrected chi connectivity index (χ4v) is 4.42. The van der Waals surface area contributed by atoms with Gasteiger partial charge in [-0.25, -0.2) is 4.79 Å². The molecule has 0 spiro atoms. The van der Waals surface area contributed by atoms with Crippen LogP contribution >= 0.6 is 11.3 Å². The Balaban J connectivity index is 1.69. The molecule has 0 saturated carbocycles. The van der Waals surface area contributed by atoms with Crippen LogP contribution in [0.4, 0.5) is 5.00 Å². The molecule has 3 rings (SSSR count). The summed E-state index contributed by atoms with van der Waals surface area (Å²) in [6.45, 7) is 5.66. The lowest BCUT2D eigenvalue weighted by atomic mass is 10.1. The summed E-state index contributed by atoms with van der Waals surface area (Å²) in [5, 5.41) is 3.47. The van der Waals surface area contributed by atoms with E-state index in [1.54, 1.807) is 31.2 Å². The molecule has 0 saturated heterocycles. The van der Waals surface area contributed by atoms with Gasteiger partial charge in [-0.1, -0.05) is 0 Å². The molecule has 28 heavy (non-hydrogen) atoms. The largest absolute Gasteiger partial charge is 0.491 e. The number of nitrogens with one attached hydrogen (secondary N) is 1. The van der Waals surface area contributed by atoms with E-state index >= 15 is 0 Å². The first-order valence-electron chi connectivity index (χ1n) is 9.57. The number of carbonyl (C=O) groups excluding carboxylic acids is 2. The zero-order valence-electron chi connectivity index (χ0n) is 16.2. The molecule has 0 unspecified atom stereocenters. The second-order valence-electron chi connectivity index (χ2n) is 6.31. The predicted molar refractivity (Wildman–Crippen MR) is 109 cm³/mol. The molecule has 0 aliphatic heterocycles. The molecule has 1 N–H and O–H groups in total. The summed E-state index contributed by atoms with van der Waals surface area (Å²) in [5.74, 6) is 0.0557. The van der Waals surface area contributed by atoms with Gasteiger partial charge in [0.1, 0.15) is 17.4 Å². The molecule has 0 radical (unpaired) electrons. The second-order valence-corrected chi connectivity index (χ2v) is 7.41. The molecule has 1 heterocycles. The van der Waals surface area contributed by atoms with Crippen molar-refractivity contribution in [2.24, 2.45) is 0 Å². The van der Waals surface area contributed by atoms with Gasteiger partial charge in [-0.15, -0.1) is 11.3 Å². The molecule has 6 nitrogen and oxygen atoms in total. The maximum Gasteiger partial charge on any atom is 0.341 e. The maximum absolute atomic E-state index is 12.7. The Bertz CT molecular complexity index is 828. The number of hydrogen-bond acceptors (Lipinski definition) is 6. The zero-order chi connectivity index (χ0) is 19.9. The first kappa shape index (κ1) is 20.4. The van der Waals surface area contributed by atoms with Gasteiger partial charge in [0, 0.05) is 17.0 Å². The monoisotopic (exact) mass is 403 g/mol. The van der Waals surface area contributed by atoms with Gasteiger partial charge in [0.2, 0.25) is 0 Å². The highest BCUT2D eigenvalue weighted by Gasteiger charge is 2.28. The van der Waals surface area contributed by atoms with Gasteiger partial charge in [-0.2, -0.15) is 0 Å². The van der Waals surface area contributed by atoms with Gasteiger partial charge < -0.3 is 19.5 Å². The summed E-state index contributed by atoms with van der Waals surface area (Å²) < 4.78 is 16.0. The minimum Gasteiger partial charge on any atom is -0.491 e. The van der Waals surface area contributed by atoms with Gasteiger partial charge in [0.25, 0.3) is 5.91 Å². The van der Waals surface area contributed by atoms with Crippen molar-refractivity contribution in [1.29, 1.82) is 0 Å². The van der Waals surface area contributed by atoms with Crippen molar-refractivity contribution in [3.05, 3.63) is 45.8 Å². The fraction of sp³-hybridized carbons (Fsp3) is 0.429. The first-order chi connectivity index (χ1) is 13.6. The van der Waals surface area contributed by atoms with Crippen molar-refractivity contribution in [3.63, 3.8) is 0 Å². The minimum atomic E-state index is -0.366. The summed E-state index contributed by atoms with van der Waals surface area (Å²) >= 11 is 1.47. The van der Waals surface area contributed by atoms with E-state index in [1.165, 1.54) is 11.3 Å². The molecule has 1 aromatic carbocycles. The van der Waals surface area contributed by atoms with Crippen LogP contribution in [0, 0.1) is 0 Å². The lowest BCUT2D eigenvalue weighted by Crippen LogP contribution is -2.15. The van der Waals surface area contributed by atoms with Crippen molar-refractivity contribution < 1.29 is 23.8 Å². The predicted octanol–water partition coefficient (Wildman–Crippen LogP) is 4.08. The van der Waals surface area contributed by atoms with E-state index < -0.39 is 0 Å². The zero-order valence-corrected chi connectivity index (χ0v) is 17.0. The highest BCUT2D eigenvalue weighted by molar-refractivity contribution is 7.17. The van der Waals surface area contributed by atoms with Crippen LogP contribution in [0.3, 0.4) is 0 Å². The van der Waals surface area contributed by atoms with Crippen LogP contribution in [0.25, 0.3) is 0 Å². The van der Waals surface area contributed by atoms with Crippen LogP contribution in [0.1, 0.15) is 51.4 Å². The third-order valence-corrected chi connectivity index (χ3v) is 5.65. The molecule has 150 valence electrons. The van der Waals surface area contributed by atoms with E-state index in [9.17, 15) is 9.59 Å². The van der Waals surface area contributed by atoms with Crippen LogP contribution in [0.5, 0.6) is 5.75 Å². The molecule has 1 amide bonds. The van der Waals surface area contributed by atoms with E-state index in [1.807, 2.05) is 6.92 Å². The number of aryl methyl sites for hydroxylation is 1. The third kappa shape index (κ3) is 4.72. The van der Waals surface area contributed by atoms with Gasteiger partial charge in [-0.05, 0) is 62.9 Å². The Morgan fingerprint density at radius 3 is 2.57 bits per heavy atom. The Morgan fingerprint density at radius 2 is 1.86 bits per heavy atom. The smallest absolute Gasteiger partial charge is 0.341 e. The molecule has 1 aliphatic carbocycles. The minimum absolute atomic E-state index is 0.258. The number of esters is 1. The number of benzene rings is 1. The van der Waals surface area contributed by atoms with Gasteiger partial charge >= 0.3 is 5.97 Å². The average molecular weight is 404 g/mol. The second kappa shape index (κ2) is 9.71. The molecule has 1 aliphatic rings. The van der Waals surface area contributed by atoms with Gasteiger partial charge in [0.05, 0.1) is 18.8 Å². The van der Waals surface area contributed by atoms with Crippen molar-refractivity contribution in [3.8, 4) is 5.75 Å². The molecular formula is C21H25NO5S. The first-order valence-corrected chi connectivity index (χ1v) is 10.4. The molecule has 1 aromatic heterocycles. The van der Waals surface area contributed by atoms with E-state index in [4.69, 9.17) is 14.2 Å². The Kier molecular flexibility index (Phi) is 7.06. The number of anilines is 1. The van der Waals surface area contributed by atoms with Gasteiger partial charge in [0.15, 0.2) is 0 Å². The van der Waals surface area contributed by atoms with Crippen LogP contribution in [0.15, 0.2) is 24.3 Å². The van der Waals surface area contributed by atoms with Crippen LogP contribution in [-0.4, -0.2) is 38.3 Å². The average Bonchev–Trinajstić information content (AvgIpc) is 3.26. The molecular weight excluding hydrogens is 378 g/mol. The highest BCUT2D eigenvalue weighted by Crippen LogP contribution is 2.39. The maximum atomic E-state index is 12.7. The van der Waals surface area contributed by atoms with Crippen molar-refractivity contribution >= 4 is 28.2 Å². The summed E-state index contributed by atoms with van der Waals surface area (Å²) in [5.41, 5.74) is 2.04. The molecule has 0 atom stereocenters. The topological polar surface area (TPSA) is 73.9 Å². The van der Waals surface area contributed by atoms with E-state index in [0.717, 1.165) is 29.7 Å². The Hall–Kier alpha value is -2.38. The lowest BCUT2D eigenvalue weighted by Gasteiger charge is -2.09. The van der Waals surface area contributed by atoms with E-state index in [2.05, 4.69) is 5.32 Å². The van der Waals surface area contributed by atoms with Crippen molar-refractivity contribution in [2.45, 2.75) is 33.1 Å². The van der Waals surface area contributed by atoms with Crippen LogP contribution in [-0.2, 0) is 22.3 Å². The number of thiophene rings is 1. The number of rotatable bonds is 9. The third-order valence-electron chi connectivity index (χ3n) is 4.44. The SMILES string of the molecule is CCOCCOc1ccc(C(=O)Nc2sc3c(c2C(=O)OCC)CCC3)cc1. The summed E-state index contributed by atoms with van der Waals surface area (Å²) in [4.78, 5) is 26.2. The number of amides is 1. The number of fused-ring (bicyclic) bond motifs is 1. The van der Waals surface area contributed by atoms with Crippen molar-refractivity contribution in [2.75, 3.05) is 31.7 Å². The van der Waals surface area contributed by atoms with Crippen LogP contribution in [0.2, 0.25) is 0 Å². The van der Waals surface area contributed by atoms with E-state index in [-0.39, 0.29) is 11.9 Å².